The van der Waals surface area contributed by atoms with Crippen LogP contribution < -0.4 is 5.32 Å². The molecule has 1 saturated heterocycles. The van der Waals surface area contributed by atoms with Crippen molar-refractivity contribution in [2.24, 2.45) is 5.92 Å². The number of nitrogens with one attached hydrogen (secondary N) is 1. The van der Waals surface area contributed by atoms with Crippen molar-refractivity contribution in [1.29, 1.82) is 0 Å². The number of Topliss-reactive ketones (excluding diaryl/α,β-unsaturated/α-hetero) is 1. The lowest BCUT2D eigenvalue weighted by atomic mass is 10.1. The van der Waals surface area contributed by atoms with Crippen LogP contribution in [0.15, 0.2) is 29.2 Å². The second kappa shape index (κ2) is 8.97. The summed E-state index contributed by atoms with van der Waals surface area (Å²) in [6.07, 6.45) is 2.70. The second-order valence-electron chi connectivity index (χ2n) is 6.73. The summed E-state index contributed by atoms with van der Waals surface area (Å²) in [4.78, 5) is 25.2. The number of nitrogens with zero attached hydrogens (tertiary/aromatic N) is 1. The zero-order valence-corrected chi connectivity index (χ0v) is 16.5. The zero-order valence-electron chi connectivity index (χ0n) is 14.9. The highest BCUT2D eigenvalue weighted by atomic mass is 35.5. The van der Waals surface area contributed by atoms with Gasteiger partial charge in [0.05, 0.1) is 17.9 Å². The molecule has 0 aliphatic carbocycles. The summed E-state index contributed by atoms with van der Waals surface area (Å²) >= 11 is 5.84. The number of ketones is 1. The fraction of sp³-hybridized carbons (Fsp3) is 0.500. The molecule has 1 aromatic rings. The Morgan fingerprint density at radius 1 is 1.35 bits per heavy atom. The molecule has 0 saturated carbocycles. The van der Waals surface area contributed by atoms with Crippen LogP contribution in [0.25, 0.3) is 0 Å². The molecule has 1 atom stereocenters. The van der Waals surface area contributed by atoms with E-state index in [1.165, 1.54) is 30.7 Å². The molecule has 1 aliphatic rings. The molecular weight excluding hydrogens is 376 g/mol. The van der Waals surface area contributed by atoms with Gasteiger partial charge >= 0.3 is 0 Å². The smallest absolute Gasteiger partial charge is 0.267 e. The molecular formula is C18H24ClN2O4S. The van der Waals surface area contributed by atoms with Gasteiger partial charge in [0.2, 0.25) is 5.91 Å². The standard InChI is InChI=1S/C18H24ClN2O4S/c1-13(2)5-10-18(23)21(16-4-3-11-20-12-17(16)22)26(24,25)15-8-6-14(19)7-9-15/h6-10,13,16,20H,3-5,11-12H2,1-2H3/t16-/m0/s1. The molecule has 1 amide bonds. The van der Waals surface area contributed by atoms with E-state index >= 15 is 0 Å². The van der Waals surface area contributed by atoms with Gasteiger partial charge in [0.1, 0.15) is 6.04 Å². The molecule has 1 aliphatic heterocycles. The third-order valence-electron chi connectivity index (χ3n) is 4.14. The maximum Gasteiger partial charge on any atom is 0.267 e. The van der Waals surface area contributed by atoms with Gasteiger partial charge in [0, 0.05) is 5.02 Å². The molecule has 1 N–H and O–H groups in total. The summed E-state index contributed by atoms with van der Waals surface area (Å²) in [5.41, 5.74) is 0. The number of halogens is 1. The lowest BCUT2D eigenvalue weighted by molar-refractivity contribution is -0.131. The van der Waals surface area contributed by atoms with E-state index in [0.29, 0.717) is 30.8 Å². The van der Waals surface area contributed by atoms with Gasteiger partial charge in [-0.05, 0) is 56.0 Å². The van der Waals surface area contributed by atoms with Crippen molar-refractivity contribution in [3.8, 4) is 0 Å². The van der Waals surface area contributed by atoms with E-state index in [4.69, 9.17) is 11.6 Å². The number of benzene rings is 1. The van der Waals surface area contributed by atoms with Gasteiger partial charge in [-0.15, -0.1) is 0 Å². The van der Waals surface area contributed by atoms with E-state index in [9.17, 15) is 18.0 Å². The highest BCUT2D eigenvalue weighted by molar-refractivity contribution is 7.89. The van der Waals surface area contributed by atoms with Crippen LogP contribution in [-0.4, -0.2) is 43.5 Å². The van der Waals surface area contributed by atoms with Gasteiger partial charge in [-0.1, -0.05) is 25.4 Å². The third kappa shape index (κ3) is 5.05. The summed E-state index contributed by atoms with van der Waals surface area (Å²) in [6.45, 7) is 4.53. The number of carbonyl (C=O) groups excluding carboxylic acids is 2. The number of carbonyl (C=O) groups is 2. The van der Waals surface area contributed by atoms with Crippen molar-refractivity contribution in [2.75, 3.05) is 13.1 Å². The first-order valence-corrected chi connectivity index (χ1v) is 10.5. The number of amides is 1. The molecule has 6 nitrogen and oxygen atoms in total. The molecule has 0 bridgehead atoms. The van der Waals surface area contributed by atoms with Gasteiger partial charge in [-0.2, -0.15) is 0 Å². The average molecular weight is 400 g/mol. The van der Waals surface area contributed by atoms with E-state index in [1.807, 2.05) is 13.8 Å². The molecule has 26 heavy (non-hydrogen) atoms. The van der Waals surface area contributed by atoms with Crippen molar-refractivity contribution in [3.05, 3.63) is 35.7 Å². The Hall–Kier alpha value is -1.44. The summed E-state index contributed by atoms with van der Waals surface area (Å²) in [5, 5.41) is 3.35. The van der Waals surface area contributed by atoms with Gasteiger partial charge in [-0.3, -0.25) is 9.59 Å². The summed E-state index contributed by atoms with van der Waals surface area (Å²) in [6, 6.07) is 4.60. The minimum Gasteiger partial charge on any atom is -0.310 e. The molecule has 0 spiro atoms. The fourth-order valence-corrected chi connectivity index (χ4v) is 4.45. The molecule has 143 valence electrons. The van der Waals surface area contributed by atoms with Crippen molar-refractivity contribution >= 4 is 33.3 Å². The molecule has 0 aromatic heterocycles. The summed E-state index contributed by atoms with van der Waals surface area (Å²) in [7, 11) is -4.17. The first-order chi connectivity index (χ1) is 12.2. The van der Waals surface area contributed by atoms with E-state index < -0.39 is 22.0 Å². The number of sulfonamides is 1. The highest BCUT2D eigenvalue weighted by Gasteiger charge is 2.39. The van der Waals surface area contributed by atoms with E-state index in [-0.39, 0.29) is 23.1 Å². The zero-order chi connectivity index (χ0) is 19.3. The van der Waals surface area contributed by atoms with E-state index in [1.54, 1.807) is 0 Å². The monoisotopic (exact) mass is 399 g/mol. The first-order valence-electron chi connectivity index (χ1n) is 8.64. The van der Waals surface area contributed by atoms with Crippen molar-refractivity contribution in [2.45, 2.75) is 44.0 Å². The van der Waals surface area contributed by atoms with Crippen LogP contribution in [0.1, 0.15) is 33.1 Å². The first kappa shape index (κ1) is 20.9. The molecule has 8 heteroatoms. The molecule has 1 heterocycles. The minimum absolute atomic E-state index is 0.0504. The summed E-state index contributed by atoms with van der Waals surface area (Å²) < 4.78 is 27.1. The van der Waals surface area contributed by atoms with Crippen molar-refractivity contribution in [3.63, 3.8) is 0 Å². The largest absolute Gasteiger partial charge is 0.310 e. The van der Waals surface area contributed by atoms with Crippen LogP contribution in [0.5, 0.6) is 0 Å². The van der Waals surface area contributed by atoms with Gasteiger partial charge in [0.15, 0.2) is 5.78 Å². The Labute approximate surface area is 160 Å². The Kier molecular flexibility index (Phi) is 7.20. The average Bonchev–Trinajstić information content (AvgIpc) is 2.78. The lowest BCUT2D eigenvalue weighted by Gasteiger charge is -2.29. The van der Waals surface area contributed by atoms with Crippen LogP contribution in [0.3, 0.4) is 0 Å². The normalized spacial score (nSPS) is 18.6. The molecule has 1 aromatic carbocycles. The van der Waals surface area contributed by atoms with Gasteiger partial charge in [0.25, 0.3) is 10.0 Å². The SMILES string of the molecule is CC(C)C[CH]C(=O)N([C@H]1CCCNCC1=O)S(=O)(=O)c1ccc(Cl)cc1. The van der Waals surface area contributed by atoms with E-state index in [0.717, 1.165) is 4.31 Å². The molecule has 1 radical (unpaired) electrons. The number of hydrogen-bond donors (Lipinski definition) is 1. The Morgan fingerprint density at radius 3 is 2.62 bits per heavy atom. The van der Waals surface area contributed by atoms with Crippen LogP contribution in [0, 0.1) is 12.3 Å². The maximum absolute atomic E-state index is 13.2. The third-order valence-corrected chi connectivity index (χ3v) is 6.21. The Balaban J connectivity index is 2.42. The lowest BCUT2D eigenvalue weighted by Crippen LogP contribution is -2.49. The second-order valence-corrected chi connectivity index (χ2v) is 8.98. The van der Waals surface area contributed by atoms with Crippen molar-refractivity contribution in [1.82, 2.24) is 9.62 Å². The van der Waals surface area contributed by atoms with Gasteiger partial charge in [-0.25, -0.2) is 12.7 Å². The quantitative estimate of drug-likeness (QED) is 0.794. The Morgan fingerprint density at radius 2 is 2.00 bits per heavy atom. The fourth-order valence-electron chi connectivity index (χ4n) is 2.75. The van der Waals surface area contributed by atoms with Crippen LogP contribution in [-0.2, 0) is 19.6 Å². The number of hydrogen-bond acceptors (Lipinski definition) is 5. The highest BCUT2D eigenvalue weighted by Crippen LogP contribution is 2.25. The van der Waals surface area contributed by atoms with E-state index in [2.05, 4.69) is 5.32 Å². The minimum atomic E-state index is -4.17. The topological polar surface area (TPSA) is 83.6 Å². The maximum atomic E-state index is 13.2. The Bertz CT molecular complexity index is 747. The number of rotatable bonds is 6. The van der Waals surface area contributed by atoms with Crippen LogP contribution in [0.4, 0.5) is 0 Å². The summed E-state index contributed by atoms with van der Waals surface area (Å²) in [5.74, 6) is -0.759. The molecule has 0 unspecified atom stereocenters. The predicted molar refractivity (Wildman–Crippen MR) is 100 cm³/mol. The van der Waals surface area contributed by atoms with Crippen molar-refractivity contribution < 1.29 is 18.0 Å². The van der Waals surface area contributed by atoms with Crippen LogP contribution in [0.2, 0.25) is 5.02 Å². The molecule has 2 rings (SSSR count). The predicted octanol–water partition coefficient (Wildman–Crippen LogP) is 2.43. The van der Waals surface area contributed by atoms with Crippen LogP contribution >= 0.6 is 11.6 Å². The van der Waals surface area contributed by atoms with Gasteiger partial charge < -0.3 is 5.32 Å². The molecule has 1 fully saturated rings.